The Labute approximate surface area is 110 Å². The Hall–Kier alpha value is -2.17. The first-order chi connectivity index (χ1) is 9.08. The Morgan fingerprint density at radius 2 is 2.16 bits per heavy atom. The lowest BCUT2D eigenvalue weighted by atomic mass is 9.68. The number of nitro groups is 1. The quantitative estimate of drug-likeness (QED) is 0.255. The Balaban J connectivity index is 2.28. The van der Waals surface area contributed by atoms with Crippen LogP contribution >= 0.6 is 0 Å². The van der Waals surface area contributed by atoms with E-state index in [0.29, 0.717) is 17.7 Å². The molecule has 1 aliphatic heterocycles. The van der Waals surface area contributed by atoms with Gasteiger partial charge in [-0.3, -0.25) is 10.1 Å². The van der Waals surface area contributed by atoms with E-state index in [0.717, 1.165) is 12.0 Å². The standard InChI is InChI=1S/C14H13NO4/c1-9-5-4-7-11-10-6-2-3-8-12(10)19-13(16)14(9,11)15(17)18/h2-3,5-6,8,11H,4,7H2,1H3/t11-,14+/m0/s1. The fourth-order valence-electron chi connectivity index (χ4n) is 3.17. The molecular formula is C14H13NO4. The van der Waals surface area contributed by atoms with Gasteiger partial charge in [-0.25, -0.2) is 4.79 Å². The third-order valence-corrected chi connectivity index (χ3v) is 4.11. The molecule has 2 atom stereocenters. The molecule has 1 heterocycles. The fraction of sp³-hybridized carbons (Fsp3) is 0.357. The highest BCUT2D eigenvalue weighted by molar-refractivity contribution is 5.89. The molecule has 0 saturated carbocycles. The van der Waals surface area contributed by atoms with Gasteiger partial charge in [0.2, 0.25) is 0 Å². The normalized spacial score (nSPS) is 28.8. The van der Waals surface area contributed by atoms with Gasteiger partial charge in [0.05, 0.1) is 5.92 Å². The van der Waals surface area contributed by atoms with Crippen LogP contribution in [-0.2, 0) is 4.79 Å². The average Bonchev–Trinajstić information content (AvgIpc) is 2.38. The maximum atomic E-state index is 12.3. The number of esters is 1. The van der Waals surface area contributed by atoms with Gasteiger partial charge in [-0.05, 0) is 25.8 Å². The van der Waals surface area contributed by atoms with Crippen LogP contribution in [-0.4, -0.2) is 16.4 Å². The van der Waals surface area contributed by atoms with E-state index in [4.69, 9.17) is 4.74 Å². The molecule has 0 aromatic heterocycles. The SMILES string of the molecule is CC1=CCC[C@H]2c3ccccc3OC(=O)[C@@]12[N+](=O)[O-]. The number of nitrogens with zero attached hydrogens (tertiary/aromatic N) is 1. The molecule has 98 valence electrons. The number of carbonyl (C=O) groups is 1. The third kappa shape index (κ3) is 1.38. The number of rotatable bonds is 1. The van der Waals surface area contributed by atoms with Crippen molar-refractivity contribution < 1.29 is 14.5 Å². The predicted molar refractivity (Wildman–Crippen MR) is 67.5 cm³/mol. The van der Waals surface area contributed by atoms with E-state index in [-0.39, 0.29) is 0 Å². The molecule has 1 aromatic carbocycles. The minimum atomic E-state index is -1.74. The highest BCUT2D eigenvalue weighted by Gasteiger charge is 2.64. The monoisotopic (exact) mass is 259 g/mol. The number of para-hydroxylation sites is 1. The van der Waals surface area contributed by atoms with Crippen molar-refractivity contribution in [2.75, 3.05) is 0 Å². The lowest BCUT2D eigenvalue weighted by Crippen LogP contribution is -2.57. The second-order valence-corrected chi connectivity index (χ2v) is 4.97. The Kier molecular flexibility index (Phi) is 2.45. The fourth-order valence-corrected chi connectivity index (χ4v) is 3.17. The molecule has 1 aromatic rings. The number of carbonyl (C=O) groups excluding carboxylic acids is 1. The van der Waals surface area contributed by atoms with Crippen LogP contribution in [0.4, 0.5) is 0 Å². The lowest BCUT2D eigenvalue weighted by Gasteiger charge is -2.38. The molecule has 5 heteroatoms. The number of hydrogen-bond donors (Lipinski definition) is 0. The van der Waals surface area contributed by atoms with Crippen LogP contribution in [0.3, 0.4) is 0 Å². The first-order valence-corrected chi connectivity index (χ1v) is 6.21. The van der Waals surface area contributed by atoms with Crippen molar-refractivity contribution in [2.24, 2.45) is 0 Å². The molecule has 0 amide bonds. The number of fused-ring (bicyclic) bond motifs is 3. The van der Waals surface area contributed by atoms with E-state index in [1.54, 1.807) is 25.1 Å². The molecule has 5 nitrogen and oxygen atoms in total. The maximum absolute atomic E-state index is 12.3. The van der Waals surface area contributed by atoms with Gasteiger partial charge in [-0.15, -0.1) is 0 Å². The molecule has 0 fully saturated rings. The first kappa shape index (κ1) is 11.9. The van der Waals surface area contributed by atoms with Gasteiger partial charge in [0.25, 0.3) is 0 Å². The van der Waals surface area contributed by atoms with Crippen LogP contribution in [0, 0.1) is 10.1 Å². The molecule has 0 spiro atoms. The zero-order valence-electron chi connectivity index (χ0n) is 10.5. The Morgan fingerprint density at radius 3 is 2.89 bits per heavy atom. The summed E-state index contributed by atoms with van der Waals surface area (Å²) in [5.41, 5.74) is -0.508. The number of allylic oxidation sites excluding steroid dienone is 1. The van der Waals surface area contributed by atoms with Crippen molar-refractivity contribution in [2.45, 2.75) is 31.2 Å². The van der Waals surface area contributed by atoms with Gasteiger partial charge in [-0.1, -0.05) is 24.3 Å². The smallest absolute Gasteiger partial charge is 0.395 e. The van der Waals surface area contributed by atoms with E-state index in [2.05, 4.69) is 0 Å². The van der Waals surface area contributed by atoms with Crippen LogP contribution in [0.15, 0.2) is 35.9 Å². The van der Waals surface area contributed by atoms with E-state index < -0.39 is 22.3 Å². The van der Waals surface area contributed by atoms with E-state index in [1.165, 1.54) is 0 Å². The summed E-state index contributed by atoms with van der Waals surface area (Å²) in [5, 5.41) is 11.6. The lowest BCUT2D eigenvalue weighted by molar-refractivity contribution is -0.550. The number of benzene rings is 1. The third-order valence-electron chi connectivity index (χ3n) is 4.11. The largest absolute Gasteiger partial charge is 0.421 e. The zero-order valence-corrected chi connectivity index (χ0v) is 10.5. The van der Waals surface area contributed by atoms with Gasteiger partial charge >= 0.3 is 11.5 Å². The summed E-state index contributed by atoms with van der Waals surface area (Å²) < 4.78 is 5.21. The number of hydrogen-bond acceptors (Lipinski definition) is 4. The zero-order chi connectivity index (χ0) is 13.6. The minimum Gasteiger partial charge on any atom is -0.421 e. The molecule has 3 rings (SSSR count). The average molecular weight is 259 g/mol. The summed E-state index contributed by atoms with van der Waals surface area (Å²) in [5.74, 6) is -0.760. The van der Waals surface area contributed by atoms with Gasteiger partial charge in [0.15, 0.2) is 0 Å². The van der Waals surface area contributed by atoms with E-state index >= 15 is 0 Å². The topological polar surface area (TPSA) is 69.4 Å². The van der Waals surface area contributed by atoms with Crippen molar-refractivity contribution in [3.8, 4) is 5.75 Å². The minimum absolute atomic E-state index is 0.440. The molecule has 19 heavy (non-hydrogen) atoms. The molecule has 0 unspecified atom stereocenters. The van der Waals surface area contributed by atoms with E-state index in [1.807, 2.05) is 12.1 Å². The van der Waals surface area contributed by atoms with Gasteiger partial charge in [0.1, 0.15) is 5.75 Å². The maximum Gasteiger partial charge on any atom is 0.395 e. The molecular weight excluding hydrogens is 246 g/mol. The highest BCUT2D eigenvalue weighted by Crippen LogP contribution is 2.49. The van der Waals surface area contributed by atoms with Crippen molar-refractivity contribution in [3.63, 3.8) is 0 Å². The summed E-state index contributed by atoms with van der Waals surface area (Å²) in [6, 6.07) is 7.07. The van der Waals surface area contributed by atoms with Crippen molar-refractivity contribution in [3.05, 3.63) is 51.6 Å². The van der Waals surface area contributed by atoms with Gasteiger partial charge in [0, 0.05) is 16.1 Å². The van der Waals surface area contributed by atoms with Crippen LogP contribution in [0.25, 0.3) is 0 Å². The van der Waals surface area contributed by atoms with Crippen LogP contribution in [0.2, 0.25) is 0 Å². The molecule has 0 N–H and O–H groups in total. The van der Waals surface area contributed by atoms with Crippen molar-refractivity contribution >= 4 is 5.97 Å². The molecule has 0 radical (unpaired) electrons. The summed E-state index contributed by atoms with van der Waals surface area (Å²) in [6.45, 7) is 1.64. The van der Waals surface area contributed by atoms with Gasteiger partial charge in [-0.2, -0.15) is 0 Å². The van der Waals surface area contributed by atoms with Crippen LogP contribution in [0.1, 0.15) is 31.2 Å². The van der Waals surface area contributed by atoms with Crippen molar-refractivity contribution in [1.82, 2.24) is 0 Å². The molecule has 1 aliphatic carbocycles. The summed E-state index contributed by atoms with van der Waals surface area (Å²) in [4.78, 5) is 23.4. The second-order valence-electron chi connectivity index (χ2n) is 4.97. The molecule has 0 saturated heterocycles. The Bertz CT molecular complexity index is 607. The molecule has 2 aliphatic rings. The first-order valence-electron chi connectivity index (χ1n) is 6.21. The van der Waals surface area contributed by atoms with Crippen molar-refractivity contribution in [1.29, 1.82) is 0 Å². The number of ether oxygens (including phenoxy) is 1. The van der Waals surface area contributed by atoms with Crippen LogP contribution in [0.5, 0.6) is 5.75 Å². The van der Waals surface area contributed by atoms with E-state index in [9.17, 15) is 14.9 Å². The van der Waals surface area contributed by atoms with Gasteiger partial charge < -0.3 is 4.74 Å². The summed E-state index contributed by atoms with van der Waals surface area (Å²) in [7, 11) is 0. The predicted octanol–water partition coefficient (Wildman–Crippen LogP) is 2.44. The molecule has 0 bridgehead atoms. The summed E-state index contributed by atoms with van der Waals surface area (Å²) in [6.07, 6.45) is 3.10. The highest BCUT2D eigenvalue weighted by atomic mass is 16.6. The van der Waals surface area contributed by atoms with Crippen LogP contribution < -0.4 is 4.74 Å². The Morgan fingerprint density at radius 1 is 1.42 bits per heavy atom. The second kappa shape index (κ2) is 3.91. The summed E-state index contributed by atoms with van der Waals surface area (Å²) >= 11 is 0.